The van der Waals surface area contributed by atoms with Gasteiger partial charge in [0.05, 0.1) is 0 Å². The number of nitrogens with one attached hydrogen (secondary N) is 1. The highest BCUT2D eigenvalue weighted by molar-refractivity contribution is 5.15. The average molecular weight is 229 g/mol. The largest absolute Gasteiger partial charge is 0.326 e. The quantitative estimate of drug-likeness (QED) is 0.822. The number of hydrogen-bond acceptors (Lipinski definition) is 3. The SMILES string of the molecule is NCc1cnc(CCc2ccccc2)[nH]c1=O. The van der Waals surface area contributed by atoms with Crippen molar-refractivity contribution in [3.05, 3.63) is 63.8 Å². The fourth-order valence-electron chi connectivity index (χ4n) is 1.64. The summed E-state index contributed by atoms with van der Waals surface area (Å²) in [5.74, 6) is 0.705. The first kappa shape index (κ1) is 11.5. The number of rotatable bonds is 4. The van der Waals surface area contributed by atoms with E-state index in [1.807, 2.05) is 18.2 Å². The molecule has 2 aromatic rings. The molecule has 88 valence electrons. The maximum absolute atomic E-state index is 11.5. The summed E-state index contributed by atoms with van der Waals surface area (Å²) < 4.78 is 0. The summed E-state index contributed by atoms with van der Waals surface area (Å²) in [6.45, 7) is 0.224. The van der Waals surface area contributed by atoms with Crippen LogP contribution in [0.2, 0.25) is 0 Å². The molecule has 0 atom stereocenters. The van der Waals surface area contributed by atoms with Crippen LogP contribution in [0, 0.1) is 0 Å². The summed E-state index contributed by atoms with van der Waals surface area (Å²) in [6, 6.07) is 10.1. The second-order valence-electron chi connectivity index (χ2n) is 3.87. The molecule has 1 aromatic heterocycles. The van der Waals surface area contributed by atoms with Crippen LogP contribution in [-0.4, -0.2) is 9.97 Å². The minimum Gasteiger partial charge on any atom is -0.326 e. The van der Waals surface area contributed by atoms with E-state index in [0.717, 1.165) is 12.8 Å². The Kier molecular flexibility index (Phi) is 3.67. The number of aromatic amines is 1. The minimum atomic E-state index is -0.134. The monoisotopic (exact) mass is 229 g/mol. The van der Waals surface area contributed by atoms with Crippen molar-refractivity contribution in [2.75, 3.05) is 0 Å². The number of benzene rings is 1. The lowest BCUT2D eigenvalue weighted by atomic mass is 10.1. The molecule has 0 saturated carbocycles. The van der Waals surface area contributed by atoms with Gasteiger partial charge in [-0.05, 0) is 12.0 Å². The summed E-state index contributed by atoms with van der Waals surface area (Å²) in [4.78, 5) is 18.4. The van der Waals surface area contributed by atoms with Crippen molar-refractivity contribution in [3.8, 4) is 0 Å². The zero-order chi connectivity index (χ0) is 12.1. The van der Waals surface area contributed by atoms with Crippen molar-refractivity contribution in [2.24, 2.45) is 5.73 Å². The maximum Gasteiger partial charge on any atom is 0.255 e. The smallest absolute Gasteiger partial charge is 0.255 e. The highest BCUT2D eigenvalue weighted by Crippen LogP contribution is 2.02. The highest BCUT2D eigenvalue weighted by Gasteiger charge is 2.01. The standard InChI is InChI=1S/C13H15N3O/c14-8-11-9-15-12(16-13(11)17)7-6-10-4-2-1-3-5-10/h1-5,9H,6-8,14H2,(H,15,16,17). The minimum absolute atomic E-state index is 0.134. The lowest BCUT2D eigenvalue weighted by Crippen LogP contribution is -2.19. The van der Waals surface area contributed by atoms with E-state index in [1.165, 1.54) is 5.56 Å². The Hall–Kier alpha value is -1.94. The predicted molar refractivity (Wildman–Crippen MR) is 66.6 cm³/mol. The molecular weight excluding hydrogens is 214 g/mol. The van der Waals surface area contributed by atoms with Gasteiger partial charge in [-0.25, -0.2) is 4.98 Å². The molecule has 0 bridgehead atoms. The van der Waals surface area contributed by atoms with Gasteiger partial charge in [0.2, 0.25) is 0 Å². The first-order chi connectivity index (χ1) is 8.29. The van der Waals surface area contributed by atoms with Gasteiger partial charge in [-0.1, -0.05) is 30.3 Å². The van der Waals surface area contributed by atoms with E-state index < -0.39 is 0 Å². The molecule has 0 fully saturated rings. The lowest BCUT2D eigenvalue weighted by molar-refractivity contribution is 0.829. The molecule has 0 radical (unpaired) electrons. The molecule has 0 aliphatic rings. The van der Waals surface area contributed by atoms with E-state index >= 15 is 0 Å². The fourth-order valence-corrected chi connectivity index (χ4v) is 1.64. The maximum atomic E-state index is 11.5. The molecule has 0 unspecified atom stereocenters. The van der Waals surface area contributed by atoms with Crippen LogP contribution in [0.5, 0.6) is 0 Å². The van der Waals surface area contributed by atoms with Gasteiger partial charge >= 0.3 is 0 Å². The molecule has 4 heteroatoms. The topological polar surface area (TPSA) is 71.8 Å². The molecule has 0 saturated heterocycles. The molecule has 4 nitrogen and oxygen atoms in total. The van der Waals surface area contributed by atoms with Crippen molar-refractivity contribution >= 4 is 0 Å². The summed E-state index contributed by atoms with van der Waals surface area (Å²) in [5, 5.41) is 0. The molecule has 17 heavy (non-hydrogen) atoms. The van der Waals surface area contributed by atoms with Crippen molar-refractivity contribution in [1.82, 2.24) is 9.97 Å². The molecule has 2 rings (SSSR count). The van der Waals surface area contributed by atoms with Gasteiger partial charge in [-0.2, -0.15) is 0 Å². The second kappa shape index (κ2) is 5.41. The van der Waals surface area contributed by atoms with E-state index in [0.29, 0.717) is 11.4 Å². The molecule has 1 heterocycles. The zero-order valence-electron chi connectivity index (χ0n) is 9.52. The van der Waals surface area contributed by atoms with E-state index in [-0.39, 0.29) is 12.1 Å². The van der Waals surface area contributed by atoms with Crippen LogP contribution >= 0.6 is 0 Å². The molecule has 1 aromatic carbocycles. The predicted octanol–water partition coefficient (Wildman–Crippen LogP) is 1.01. The van der Waals surface area contributed by atoms with Crippen LogP contribution in [-0.2, 0) is 19.4 Å². The molecular formula is C13H15N3O. The third-order valence-electron chi connectivity index (χ3n) is 2.64. The number of aryl methyl sites for hydroxylation is 2. The van der Waals surface area contributed by atoms with Gasteiger partial charge in [-0.15, -0.1) is 0 Å². The summed E-state index contributed by atoms with van der Waals surface area (Å²) in [7, 11) is 0. The van der Waals surface area contributed by atoms with Gasteiger partial charge in [-0.3, -0.25) is 4.79 Å². The van der Waals surface area contributed by atoms with Crippen LogP contribution in [0.1, 0.15) is 17.0 Å². The van der Waals surface area contributed by atoms with Crippen LogP contribution < -0.4 is 11.3 Å². The van der Waals surface area contributed by atoms with Gasteiger partial charge in [0, 0.05) is 24.7 Å². The Morgan fingerprint density at radius 3 is 2.59 bits per heavy atom. The molecule has 0 spiro atoms. The van der Waals surface area contributed by atoms with E-state index in [2.05, 4.69) is 22.1 Å². The Bertz CT molecular complexity index is 534. The van der Waals surface area contributed by atoms with Crippen LogP contribution in [0.3, 0.4) is 0 Å². The van der Waals surface area contributed by atoms with Crippen LogP contribution in [0.15, 0.2) is 41.3 Å². The lowest BCUT2D eigenvalue weighted by Gasteiger charge is -2.02. The number of H-pyrrole nitrogens is 1. The van der Waals surface area contributed by atoms with Crippen LogP contribution in [0.25, 0.3) is 0 Å². The number of aromatic nitrogens is 2. The van der Waals surface area contributed by atoms with Gasteiger partial charge in [0.15, 0.2) is 0 Å². The molecule has 0 aliphatic carbocycles. The van der Waals surface area contributed by atoms with E-state index in [1.54, 1.807) is 6.20 Å². The second-order valence-corrected chi connectivity index (χ2v) is 3.87. The van der Waals surface area contributed by atoms with Crippen molar-refractivity contribution in [3.63, 3.8) is 0 Å². The van der Waals surface area contributed by atoms with Gasteiger partial charge < -0.3 is 10.7 Å². The zero-order valence-corrected chi connectivity index (χ0v) is 9.52. The van der Waals surface area contributed by atoms with Crippen molar-refractivity contribution < 1.29 is 0 Å². The summed E-state index contributed by atoms with van der Waals surface area (Å²) in [5.41, 5.74) is 7.03. The first-order valence-electron chi connectivity index (χ1n) is 5.60. The first-order valence-corrected chi connectivity index (χ1v) is 5.60. The molecule has 3 N–H and O–H groups in total. The fraction of sp³-hybridized carbons (Fsp3) is 0.231. The Morgan fingerprint density at radius 1 is 1.18 bits per heavy atom. The third-order valence-corrected chi connectivity index (χ3v) is 2.64. The van der Waals surface area contributed by atoms with Crippen molar-refractivity contribution in [2.45, 2.75) is 19.4 Å². The number of nitrogens with zero attached hydrogens (tertiary/aromatic N) is 1. The molecule has 0 aliphatic heterocycles. The van der Waals surface area contributed by atoms with Gasteiger partial charge in [0.25, 0.3) is 5.56 Å². The molecule has 0 amide bonds. The number of nitrogens with two attached hydrogens (primary N) is 1. The van der Waals surface area contributed by atoms with Crippen LogP contribution in [0.4, 0.5) is 0 Å². The number of hydrogen-bond donors (Lipinski definition) is 2. The average Bonchev–Trinajstić information content (AvgIpc) is 2.38. The van der Waals surface area contributed by atoms with Gasteiger partial charge in [0.1, 0.15) is 5.82 Å². The normalized spacial score (nSPS) is 10.4. The third kappa shape index (κ3) is 3.01. The van der Waals surface area contributed by atoms with Crippen molar-refractivity contribution in [1.29, 1.82) is 0 Å². The summed E-state index contributed by atoms with van der Waals surface area (Å²) >= 11 is 0. The summed E-state index contributed by atoms with van der Waals surface area (Å²) in [6.07, 6.45) is 3.15. The Balaban J connectivity index is 2.05. The Morgan fingerprint density at radius 2 is 1.94 bits per heavy atom. The van der Waals surface area contributed by atoms with E-state index in [4.69, 9.17) is 5.73 Å². The highest BCUT2D eigenvalue weighted by atomic mass is 16.1. The Labute approximate surface area is 99.5 Å². The van der Waals surface area contributed by atoms with E-state index in [9.17, 15) is 4.79 Å².